The molecule has 1 aliphatic heterocycles. The quantitative estimate of drug-likeness (QED) is 0.780. The number of likely N-dealkylation sites (tertiary alicyclic amines) is 1. The topological polar surface area (TPSA) is 64.2 Å². The highest BCUT2D eigenvalue weighted by Crippen LogP contribution is 2.18. The summed E-state index contributed by atoms with van der Waals surface area (Å²) in [6.07, 6.45) is 1.76. The molecule has 1 amide bonds. The Hall–Kier alpha value is -1.36. The van der Waals surface area contributed by atoms with Gasteiger partial charge in [-0.15, -0.1) is 0 Å². The molecular weight excluding hydrogens is 216 g/mol. The van der Waals surface area contributed by atoms with Crippen LogP contribution in [0.25, 0.3) is 0 Å². The molecule has 5 heteroatoms. The van der Waals surface area contributed by atoms with Crippen LogP contribution in [0.3, 0.4) is 0 Å². The summed E-state index contributed by atoms with van der Waals surface area (Å²) in [5.41, 5.74) is 7.43. The first-order chi connectivity index (χ1) is 7.99. The van der Waals surface area contributed by atoms with Crippen molar-refractivity contribution in [2.75, 3.05) is 6.54 Å². The number of nitrogens with two attached hydrogens (primary N) is 1. The van der Waals surface area contributed by atoms with Crippen molar-refractivity contribution in [3.8, 4) is 0 Å². The minimum absolute atomic E-state index is 0.0625. The SMILES string of the molecule is Cc1cc(C(=O)N2CCC(N)CC2C)n(C)n1. The van der Waals surface area contributed by atoms with Crippen LogP contribution in [0.5, 0.6) is 0 Å². The van der Waals surface area contributed by atoms with Crippen molar-refractivity contribution in [3.05, 3.63) is 17.5 Å². The standard InChI is InChI=1S/C12H20N4O/c1-8-6-11(15(3)14-8)12(17)16-5-4-10(13)7-9(16)2/h6,9-10H,4-5,7,13H2,1-3H3. The lowest BCUT2D eigenvalue weighted by Crippen LogP contribution is -2.48. The summed E-state index contributed by atoms with van der Waals surface area (Å²) in [6, 6.07) is 2.27. The first-order valence-electron chi connectivity index (χ1n) is 6.06. The number of piperidine rings is 1. The van der Waals surface area contributed by atoms with Gasteiger partial charge in [0.25, 0.3) is 5.91 Å². The van der Waals surface area contributed by atoms with Crippen LogP contribution in [-0.4, -0.2) is 39.2 Å². The molecule has 1 aromatic heterocycles. The van der Waals surface area contributed by atoms with Gasteiger partial charge in [0, 0.05) is 25.7 Å². The second kappa shape index (κ2) is 4.49. The Balaban J connectivity index is 2.17. The minimum Gasteiger partial charge on any atom is -0.335 e. The average Bonchev–Trinajstić information content (AvgIpc) is 2.57. The number of aromatic nitrogens is 2. The summed E-state index contributed by atoms with van der Waals surface area (Å²) in [5.74, 6) is 0.0625. The summed E-state index contributed by atoms with van der Waals surface area (Å²) in [5, 5.41) is 4.21. The van der Waals surface area contributed by atoms with Crippen LogP contribution in [-0.2, 0) is 7.05 Å². The van der Waals surface area contributed by atoms with E-state index in [1.54, 1.807) is 11.7 Å². The van der Waals surface area contributed by atoms with Gasteiger partial charge in [0.15, 0.2) is 0 Å². The van der Waals surface area contributed by atoms with E-state index in [4.69, 9.17) is 5.73 Å². The zero-order chi connectivity index (χ0) is 12.6. The molecular formula is C12H20N4O. The monoisotopic (exact) mass is 236 g/mol. The summed E-state index contributed by atoms with van der Waals surface area (Å²) < 4.78 is 1.65. The lowest BCUT2D eigenvalue weighted by atomic mass is 9.99. The van der Waals surface area contributed by atoms with E-state index in [9.17, 15) is 4.79 Å². The Morgan fingerprint density at radius 2 is 2.29 bits per heavy atom. The normalized spacial score (nSPS) is 25.1. The molecule has 2 unspecified atom stereocenters. The molecule has 5 nitrogen and oxygen atoms in total. The molecule has 1 aliphatic rings. The zero-order valence-corrected chi connectivity index (χ0v) is 10.7. The van der Waals surface area contributed by atoms with E-state index in [0.717, 1.165) is 25.1 Å². The van der Waals surface area contributed by atoms with Crippen molar-refractivity contribution in [2.45, 2.75) is 38.8 Å². The molecule has 1 fully saturated rings. The van der Waals surface area contributed by atoms with E-state index in [2.05, 4.69) is 12.0 Å². The second-order valence-electron chi connectivity index (χ2n) is 4.93. The molecule has 2 rings (SSSR count). The van der Waals surface area contributed by atoms with Gasteiger partial charge in [-0.2, -0.15) is 5.10 Å². The van der Waals surface area contributed by atoms with Crippen molar-refractivity contribution >= 4 is 5.91 Å². The third-order valence-corrected chi connectivity index (χ3v) is 3.40. The Morgan fingerprint density at radius 3 is 2.82 bits per heavy atom. The van der Waals surface area contributed by atoms with Crippen molar-refractivity contribution in [1.29, 1.82) is 0 Å². The largest absolute Gasteiger partial charge is 0.335 e. The summed E-state index contributed by atoms with van der Waals surface area (Å²) in [4.78, 5) is 14.3. The second-order valence-corrected chi connectivity index (χ2v) is 4.93. The van der Waals surface area contributed by atoms with E-state index in [0.29, 0.717) is 5.69 Å². The van der Waals surface area contributed by atoms with Gasteiger partial charge in [0.1, 0.15) is 5.69 Å². The highest BCUT2D eigenvalue weighted by atomic mass is 16.2. The van der Waals surface area contributed by atoms with E-state index in [1.165, 1.54) is 0 Å². The molecule has 0 radical (unpaired) electrons. The summed E-state index contributed by atoms with van der Waals surface area (Å²) >= 11 is 0. The van der Waals surface area contributed by atoms with Crippen molar-refractivity contribution in [3.63, 3.8) is 0 Å². The smallest absolute Gasteiger partial charge is 0.272 e. The first-order valence-corrected chi connectivity index (χ1v) is 6.06. The van der Waals surface area contributed by atoms with Gasteiger partial charge in [-0.25, -0.2) is 0 Å². The predicted molar refractivity (Wildman–Crippen MR) is 65.7 cm³/mol. The fraction of sp³-hybridized carbons (Fsp3) is 0.667. The molecule has 0 bridgehead atoms. The number of carbonyl (C=O) groups is 1. The van der Waals surface area contributed by atoms with Gasteiger partial charge in [-0.1, -0.05) is 0 Å². The number of nitrogens with zero attached hydrogens (tertiary/aromatic N) is 3. The Bertz CT molecular complexity index is 426. The van der Waals surface area contributed by atoms with Gasteiger partial charge in [0.2, 0.25) is 0 Å². The van der Waals surface area contributed by atoms with Gasteiger partial charge in [-0.05, 0) is 32.8 Å². The fourth-order valence-corrected chi connectivity index (χ4v) is 2.47. The maximum absolute atomic E-state index is 12.4. The lowest BCUT2D eigenvalue weighted by molar-refractivity contribution is 0.0607. The molecule has 17 heavy (non-hydrogen) atoms. The molecule has 2 heterocycles. The average molecular weight is 236 g/mol. The molecule has 94 valence electrons. The van der Waals surface area contributed by atoms with Crippen molar-refractivity contribution < 1.29 is 4.79 Å². The first kappa shape index (κ1) is 12.1. The van der Waals surface area contributed by atoms with Crippen LogP contribution in [0.4, 0.5) is 0 Å². The van der Waals surface area contributed by atoms with E-state index in [-0.39, 0.29) is 18.0 Å². The van der Waals surface area contributed by atoms with Crippen LogP contribution in [0.15, 0.2) is 6.07 Å². The Labute approximate surface area is 102 Å². The highest BCUT2D eigenvalue weighted by Gasteiger charge is 2.29. The highest BCUT2D eigenvalue weighted by molar-refractivity contribution is 5.93. The maximum Gasteiger partial charge on any atom is 0.272 e. The van der Waals surface area contributed by atoms with Crippen LogP contribution in [0.2, 0.25) is 0 Å². The van der Waals surface area contributed by atoms with Gasteiger partial charge in [-0.3, -0.25) is 9.48 Å². The van der Waals surface area contributed by atoms with Crippen molar-refractivity contribution in [1.82, 2.24) is 14.7 Å². The van der Waals surface area contributed by atoms with Crippen molar-refractivity contribution in [2.24, 2.45) is 12.8 Å². The van der Waals surface area contributed by atoms with Crippen LogP contribution in [0, 0.1) is 6.92 Å². The molecule has 0 saturated carbocycles. The summed E-state index contributed by atoms with van der Waals surface area (Å²) in [7, 11) is 1.81. The minimum atomic E-state index is 0.0625. The van der Waals surface area contributed by atoms with Gasteiger partial charge < -0.3 is 10.6 Å². The summed E-state index contributed by atoms with van der Waals surface area (Å²) in [6.45, 7) is 4.69. The zero-order valence-electron chi connectivity index (χ0n) is 10.7. The van der Waals surface area contributed by atoms with E-state index < -0.39 is 0 Å². The molecule has 1 saturated heterocycles. The van der Waals surface area contributed by atoms with E-state index in [1.807, 2.05) is 17.9 Å². The molecule has 1 aromatic rings. The van der Waals surface area contributed by atoms with E-state index >= 15 is 0 Å². The number of amides is 1. The number of carbonyl (C=O) groups excluding carboxylic acids is 1. The molecule has 2 atom stereocenters. The predicted octanol–water partition coefficient (Wildman–Crippen LogP) is 0.680. The third-order valence-electron chi connectivity index (χ3n) is 3.40. The molecule has 0 aliphatic carbocycles. The van der Waals surface area contributed by atoms with Crippen LogP contribution in [0.1, 0.15) is 35.9 Å². The van der Waals surface area contributed by atoms with Crippen LogP contribution < -0.4 is 5.73 Å². The fourth-order valence-electron chi connectivity index (χ4n) is 2.47. The van der Waals surface area contributed by atoms with Gasteiger partial charge in [0.05, 0.1) is 5.69 Å². The third kappa shape index (κ3) is 2.34. The van der Waals surface area contributed by atoms with Crippen LogP contribution >= 0.6 is 0 Å². The Morgan fingerprint density at radius 1 is 1.59 bits per heavy atom. The Kier molecular flexibility index (Phi) is 3.19. The molecule has 2 N–H and O–H groups in total. The molecule has 0 spiro atoms. The number of aryl methyl sites for hydroxylation is 2. The molecule has 0 aromatic carbocycles. The number of rotatable bonds is 1. The number of hydrogen-bond acceptors (Lipinski definition) is 3. The lowest BCUT2D eigenvalue weighted by Gasteiger charge is -2.36. The number of hydrogen-bond donors (Lipinski definition) is 1. The maximum atomic E-state index is 12.4. The van der Waals surface area contributed by atoms with Gasteiger partial charge >= 0.3 is 0 Å².